The van der Waals surface area contributed by atoms with Crippen LogP contribution in [0.25, 0.3) is 0 Å². The van der Waals surface area contributed by atoms with Crippen LogP contribution in [0.5, 0.6) is 0 Å². The summed E-state index contributed by atoms with van der Waals surface area (Å²) in [6.45, 7) is 4.16. The largest absolute Gasteiger partial charge is 0.480 e. The molecule has 122 valence electrons. The van der Waals surface area contributed by atoms with E-state index in [1.54, 1.807) is 0 Å². The number of nitrogens with one attached hydrogen (secondary N) is 1. The molecule has 0 saturated heterocycles. The molecule has 2 aromatic carbocycles. The van der Waals surface area contributed by atoms with Crippen LogP contribution in [0.3, 0.4) is 0 Å². The van der Waals surface area contributed by atoms with E-state index in [4.69, 9.17) is 0 Å². The zero-order valence-electron chi connectivity index (χ0n) is 13.8. The molecule has 0 aromatic heterocycles. The van der Waals surface area contributed by atoms with E-state index in [9.17, 15) is 9.90 Å². The van der Waals surface area contributed by atoms with Crippen molar-refractivity contribution in [2.45, 2.75) is 45.2 Å². The molecule has 23 heavy (non-hydrogen) atoms. The van der Waals surface area contributed by atoms with E-state index in [1.165, 1.54) is 11.1 Å². The molecule has 2 atom stereocenters. The standard InChI is InChI=1S/C20H25NO2/c1-3-18(13-17-11-9-15(2)10-12-17)21-19(20(22)23)14-16-7-5-4-6-8-16/h4-12,18-19,21H,3,13-14H2,1-2H3,(H,22,23)/t18?,19-/m0/s1. The number of carbonyl (C=O) groups is 1. The maximum atomic E-state index is 11.6. The molecular weight excluding hydrogens is 286 g/mol. The highest BCUT2D eigenvalue weighted by Crippen LogP contribution is 2.10. The van der Waals surface area contributed by atoms with Gasteiger partial charge in [0.05, 0.1) is 0 Å². The first-order valence-electron chi connectivity index (χ1n) is 8.16. The first-order chi connectivity index (χ1) is 11.1. The van der Waals surface area contributed by atoms with Crippen molar-refractivity contribution in [1.82, 2.24) is 5.32 Å². The summed E-state index contributed by atoms with van der Waals surface area (Å²) in [4.78, 5) is 11.6. The van der Waals surface area contributed by atoms with Crippen LogP contribution in [0.2, 0.25) is 0 Å². The fourth-order valence-corrected chi connectivity index (χ4v) is 2.68. The summed E-state index contributed by atoms with van der Waals surface area (Å²) >= 11 is 0. The molecular formula is C20H25NO2. The summed E-state index contributed by atoms with van der Waals surface area (Å²) in [6.07, 6.45) is 2.24. The highest BCUT2D eigenvalue weighted by atomic mass is 16.4. The minimum atomic E-state index is -0.795. The molecule has 0 radical (unpaired) electrons. The van der Waals surface area contributed by atoms with Gasteiger partial charge in [0.2, 0.25) is 0 Å². The van der Waals surface area contributed by atoms with Crippen molar-refractivity contribution in [3.63, 3.8) is 0 Å². The van der Waals surface area contributed by atoms with Gasteiger partial charge in [-0.15, -0.1) is 0 Å². The van der Waals surface area contributed by atoms with Crippen LogP contribution < -0.4 is 5.32 Å². The van der Waals surface area contributed by atoms with Crippen LogP contribution in [-0.4, -0.2) is 23.2 Å². The molecule has 0 saturated carbocycles. The minimum absolute atomic E-state index is 0.155. The van der Waals surface area contributed by atoms with Crippen molar-refractivity contribution in [2.75, 3.05) is 0 Å². The summed E-state index contributed by atoms with van der Waals surface area (Å²) < 4.78 is 0. The van der Waals surface area contributed by atoms with Crippen LogP contribution in [0, 0.1) is 6.92 Å². The predicted octanol–water partition coefficient (Wildman–Crippen LogP) is 3.60. The van der Waals surface area contributed by atoms with Gasteiger partial charge in [-0.05, 0) is 37.3 Å². The molecule has 2 rings (SSSR count). The molecule has 3 nitrogen and oxygen atoms in total. The Kier molecular flexibility index (Phi) is 6.36. The van der Waals surface area contributed by atoms with E-state index >= 15 is 0 Å². The van der Waals surface area contributed by atoms with Crippen molar-refractivity contribution in [3.05, 3.63) is 71.3 Å². The van der Waals surface area contributed by atoms with Gasteiger partial charge in [0.15, 0.2) is 0 Å². The van der Waals surface area contributed by atoms with Crippen molar-refractivity contribution < 1.29 is 9.90 Å². The average molecular weight is 311 g/mol. The van der Waals surface area contributed by atoms with Crippen LogP contribution in [-0.2, 0) is 17.6 Å². The van der Waals surface area contributed by atoms with Crippen molar-refractivity contribution in [3.8, 4) is 0 Å². The van der Waals surface area contributed by atoms with E-state index < -0.39 is 12.0 Å². The lowest BCUT2D eigenvalue weighted by atomic mass is 10.00. The first kappa shape index (κ1) is 17.2. The van der Waals surface area contributed by atoms with Gasteiger partial charge in [-0.1, -0.05) is 67.1 Å². The van der Waals surface area contributed by atoms with Crippen molar-refractivity contribution in [2.24, 2.45) is 0 Å². The lowest BCUT2D eigenvalue weighted by molar-refractivity contribution is -0.139. The molecule has 0 aliphatic carbocycles. The predicted molar refractivity (Wildman–Crippen MR) is 93.7 cm³/mol. The van der Waals surface area contributed by atoms with E-state index in [1.807, 2.05) is 30.3 Å². The Balaban J connectivity index is 2.01. The normalized spacial score (nSPS) is 13.5. The molecule has 0 fully saturated rings. The van der Waals surface area contributed by atoms with Crippen LogP contribution in [0.1, 0.15) is 30.0 Å². The third kappa shape index (κ3) is 5.53. The average Bonchev–Trinajstić information content (AvgIpc) is 2.56. The van der Waals surface area contributed by atoms with Gasteiger partial charge in [0.25, 0.3) is 0 Å². The summed E-state index contributed by atoms with van der Waals surface area (Å²) in [5.41, 5.74) is 3.51. The summed E-state index contributed by atoms with van der Waals surface area (Å²) in [7, 11) is 0. The second-order valence-corrected chi connectivity index (χ2v) is 6.04. The quantitative estimate of drug-likeness (QED) is 0.783. The molecule has 0 heterocycles. The lowest BCUT2D eigenvalue weighted by Gasteiger charge is -2.22. The van der Waals surface area contributed by atoms with Crippen molar-refractivity contribution in [1.29, 1.82) is 0 Å². The summed E-state index contributed by atoms with van der Waals surface area (Å²) in [6, 6.07) is 17.8. The van der Waals surface area contributed by atoms with Crippen LogP contribution in [0.15, 0.2) is 54.6 Å². The molecule has 2 aromatic rings. The number of rotatable bonds is 8. The third-order valence-electron chi connectivity index (χ3n) is 4.11. The van der Waals surface area contributed by atoms with Gasteiger partial charge in [-0.25, -0.2) is 0 Å². The zero-order valence-corrected chi connectivity index (χ0v) is 13.8. The molecule has 0 aliphatic heterocycles. The molecule has 0 aliphatic rings. The second-order valence-electron chi connectivity index (χ2n) is 6.04. The first-order valence-corrected chi connectivity index (χ1v) is 8.16. The molecule has 0 spiro atoms. The Morgan fingerprint density at radius 2 is 1.61 bits per heavy atom. The number of carboxylic acids is 1. The van der Waals surface area contributed by atoms with Crippen LogP contribution >= 0.6 is 0 Å². The summed E-state index contributed by atoms with van der Waals surface area (Å²) in [5.74, 6) is -0.795. The Morgan fingerprint density at radius 3 is 2.17 bits per heavy atom. The van der Waals surface area contributed by atoms with E-state index in [-0.39, 0.29) is 6.04 Å². The van der Waals surface area contributed by atoms with Gasteiger partial charge in [0.1, 0.15) is 6.04 Å². The number of hydrogen-bond donors (Lipinski definition) is 2. The third-order valence-corrected chi connectivity index (χ3v) is 4.11. The van der Waals surface area contributed by atoms with Gasteiger partial charge >= 0.3 is 5.97 Å². The van der Waals surface area contributed by atoms with E-state index in [0.29, 0.717) is 6.42 Å². The maximum absolute atomic E-state index is 11.6. The zero-order chi connectivity index (χ0) is 16.7. The Hall–Kier alpha value is -2.13. The SMILES string of the molecule is CCC(Cc1ccc(C)cc1)N[C@@H](Cc1ccccc1)C(=O)O. The molecule has 0 amide bonds. The fraction of sp³-hybridized carbons (Fsp3) is 0.350. The molecule has 2 N–H and O–H groups in total. The maximum Gasteiger partial charge on any atom is 0.321 e. The number of carboxylic acid groups (broad SMARTS) is 1. The lowest BCUT2D eigenvalue weighted by Crippen LogP contribution is -2.45. The Bertz CT molecular complexity index is 607. The van der Waals surface area contributed by atoms with E-state index in [2.05, 4.69) is 43.4 Å². The second kappa shape index (κ2) is 8.49. The Labute approximate surface area is 138 Å². The molecule has 3 heteroatoms. The topological polar surface area (TPSA) is 49.3 Å². The number of aliphatic carboxylic acids is 1. The van der Waals surface area contributed by atoms with Gasteiger partial charge in [0, 0.05) is 6.04 Å². The number of aryl methyl sites for hydroxylation is 1. The monoisotopic (exact) mass is 311 g/mol. The number of hydrogen-bond acceptors (Lipinski definition) is 2. The summed E-state index contributed by atoms with van der Waals surface area (Å²) in [5, 5.41) is 12.8. The highest BCUT2D eigenvalue weighted by Gasteiger charge is 2.21. The fourth-order valence-electron chi connectivity index (χ4n) is 2.68. The highest BCUT2D eigenvalue weighted by molar-refractivity contribution is 5.74. The van der Waals surface area contributed by atoms with Gasteiger partial charge in [-0.2, -0.15) is 0 Å². The number of benzene rings is 2. The van der Waals surface area contributed by atoms with Gasteiger partial charge < -0.3 is 10.4 Å². The van der Waals surface area contributed by atoms with Crippen molar-refractivity contribution >= 4 is 5.97 Å². The molecule has 1 unspecified atom stereocenters. The van der Waals surface area contributed by atoms with E-state index in [0.717, 1.165) is 18.4 Å². The smallest absolute Gasteiger partial charge is 0.321 e. The minimum Gasteiger partial charge on any atom is -0.480 e. The molecule has 0 bridgehead atoms. The van der Waals surface area contributed by atoms with Gasteiger partial charge in [-0.3, -0.25) is 4.79 Å². The Morgan fingerprint density at radius 1 is 1.00 bits per heavy atom. The van der Waals surface area contributed by atoms with Crippen LogP contribution in [0.4, 0.5) is 0 Å².